The maximum atomic E-state index is 5.11. The summed E-state index contributed by atoms with van der Waals surface area (Å²) >= 11 is 4.83. The van der Waals surface area contributed by atoms with E-state index < -0.39 is 0 Å². The van der Waals surface area contributed by atoms with Gasteiger partial charge < -0.3 is 10.1 Å². The fourth-order valence-corrected chi connectivity index (χ4v) is 1.06. The van der Waals surface area contributed by atoms with Crippen LogP contribution >= 0.6 is 12.2 Å². The van der Waals surface area contributed by atoms with Crippen LogP contribution in [0.4, 0.5) is 0 Å². The molecule has 3 heteroatoms. The van der Waals surface area contributed by atoms with E-state index in [4.69, 9.17) is 17.0 Å². The highest BCUT2D eigenvalue weighted by molar-refractivity contribution is 7.80. The Balaban J connectivity index is 2.53. The quantitative estimate of drug-likeness (QED) is 0.538. The maximum absolute atomic E-state index is 5.11. The fourth-order valence-electron chi connectivity index (χ4n) is 0.851. The van der Waals surface area contributed by atoms with E-state index in [1.165, 1.54) is 0 Å². The summed E-state index contributed by atoms with van der Waals surface area (Å²) in [7, 11) is 0. The number of hydrogen-bond acceptors (Lipinski definition) is 2. The summed E-state index contributed by atoms with van der Waals surface area (Å²) in [6.07, 6.45) is 0. The van der Waals surface area contributed by atoms with Gasteiger partial charge in [0.1, 0.15) is 6.61 Å². The van der Waals surface area contributed by atoms with Gasteiger partial charge in [0.25, 0.3) is 5.17 Å². The normalized spacial score (nSPS) is 25.9. The molecule has 0 amide bonds. The Labute approximate surface area is 66.9 Å². The van der Waals surface area contributed by atoms with Crippen LogP contribution in [-0.4, -0.2) is 17.8 Å². The molecule has 58 valence electrons. The van der Waals surface area contributed by atoms with Gasteiger partial charge in [0.2, 0.25) is 0 Å². The van der Waals surface area contributed by atoms with Crippen LogP contribution in [0.5, 0.6) is 0 Å². The number of rotatable bonds is 0. The molecule has 1 fully saturated rings. The lowest BCUT2D eigenvalue weighted by Gasteiger charge is -2.24. The molecular weight excluding hydrogens is 146 g/mol. The summed E-state index contributed by atoms with van der Waals surface area (Å²) in [6.45, 7) is 7.22. The molecule has 1 atom stereocenters. The number of hydrogen-bond donors (Lipinski definition) is 1. The lowest BCUT2D eigenvalue weighted by atomic mass is 9.88. The molecule has 0 radical (unpaired) electrons. The summed E-state index contributed by atoms with van der Waals surface area (Å²) < 4.78 is 5.11. The van der Waals surface area contributed by atoms with E-state index in [-0.39, 0.29) is 5.41 Å². The zero-order valence-corrected chi connectivity index (χ0v) is 7.42. The zero-order valence-electron chi connectivity index (χ0n) is 6.60. The summed E-state index contributed by atoms with van der Waals surface area (Å²) in [5.41, 5.74) is 0.237. The number of thiocarbonyl (C=S) groups is 1. The molecule has 0 aliphatic carbocycles. The molecular formula is C7H13NOS. The lowest BCUT2D eigenvalue weighted by molar-refractivity contribution is 0.241. The van der Waals surface area contributed by atoms with Crippen LogP contribution in [0.15, 0.2) is 0 Å². The second kappa shape index (κ2) is 2.38. The van der Waals surface area contributed by atoms with E-state index >= 15 is 0 Å². The highest BCUT2D eigenvalue weighted by atomic mass is 32.1. The van der Waals surface area contributed by atoms with Crippen molar-refractivity contribution in [2.45, 2.75) is 26.8 Å². The second-order valence-electron chi connectivity index (χ2n) is 3.66. The lowest BCUT2D eigenvalue weighted by Crippen LogP contribution is -2.38. The molecule has 1 saturated heterocycles. The van der Waals surface area contributed by atoms with Gasteiger partial charge in [-0.05, 0) is 17.6 Å². The molecule has 1 aliphatic heterocycles. The predicted octanol–water partition coefficient (Wildman–Crippen LogP) is 1.31. The Hall–Kier alpha value is -0.310. The predicted molar refractivity (Wildman–Crippen MR) is 44.9 cm³/mol. The van der Waals surface area contributed by atoms with Crippen molar-refractivity contribution >= 4 is 17.4 Å². The van der Waals surface area contributed by atoms with Crippen molar-refractivity contribution < 1.29 is 4.74 Å². The van der Waals surface area contributed by atoms with Gasteiger partial charge in [-0.25, -0.2) is 0 Å². The van der Waals surface area contributed by atoms with Gasteiger partial charge in [-0.1, -0.05) is 20.8 Å². The molecule has 2 nitrogen and oxygen atoms in total. The molecule has 0 saturated carbocycles. The van der Waals surface area contributed by atoms with Gasteiger partial charge in [0.05, 0.1) is 6.04 Å². The van der Waals surface area contributed by atoms with Gasteiger partial charge in [0.15, 0.2) is 0 Å². The van der Waals surface area contributed by atoms with E-state index in [1.54, 1.807) is 0 Å². The number of ether oxygens (including phenoxy) is 1. The van der Waals surface area contributed by atoms with Crippen LogP contribution in [0.1, 0.15) is 20.8 Å². The summed E-state index contributed by atoms with van der Waals surface area (Å²) in [5.74, 6) is 0. The molecule has 1 aliphatic rings. The first kappa shape index (κ1) is 7.79. The van der Waals surface area contributed by atoms with Crippen molar-refractivity contribution in [2.75, 3.05) is 6.61 Å². The zero-order chi connectivity index (χ0) is 7.78. The van der Waals surface area contributed by atoms with Crippen molar-refractivity contribution in [3.8, 4) is 0 Å². The largest absolute Gasteiger partial charge is 0.469 e. The van der Waals surface area contributed by atoms with Gasteiger partial charge in [-0.15, -0.1) is 0 Å². The average molecular weight is 159 g/mol. The van der Waals surface area contributed by atoms with Crippen LogP contribution in [0, 0.1) is 5.41 Å². The molecule has 1 N–H and O–H groups in total. The summed E-state index contributed by atoms with van der Waals surface area (Å²) in [5, 5.41) is 3.64. The first-order valence-electron chi connectivity index (χ1n) is 3.43. The van der Waals surface area contributed by atoms with E-state index in [0.29, 0.717) is 17.8 Å². The van der Waals surface area contributed by atoms with E-state index in [2.05, 4.69) is 26.1 Å². The standard InChI is InChI=1S/C7H13NOS/c1-7(2,3)5-4-9-6(10)8-5/h5H,4H2,1-3H3,(H,8,10). The monoisotopic (exact) mass is 159 g/mol. The topological polar surface area (TPSA) is 21.3 Å². The van der Waals surface area contributed by atoms with Gasteiger partial charge >= 0.3 is 0 Å². The van der Waals surface area contributed by atoms with Gasteiger partial charge in [-0.2, -0.15) is 0 Å². The highest BCUT2D eigenvalue weighted by Gasteiger charge is 2.30. The van der Waals surface area contributed by atoms with Crippen LogP contribution in [-0.2, 0) is 4.74 Å². The maximum Gasteiger partial charge on any atom is 0.257 e. The van der Waals surface area contributed by atoms with Crippen LogP contribution in [0.2, 0.25) is 0 Å². The molecule has 1 heterocycles. The minimum atomic E-state index is 0.237. The fraction of sp³-hybridized carbons (Fsp3) is 0.857. The molecule has 10 heavy (non-hydrogen) atoms. The third-order valence-electron chi connectivity index (χ3n) is 1.72. The van der Waals surface area contributed by atoms with Gasteiger partial charge in [0, 0.05) is 0 Å². The van der Waals surface area contributed by atoms with Crippen LogP contribution in [0.3, 0.4) is 0 Å². The highest BCUT2D eigenvalue weighted by Crippen LogP contribution is 2.22. The minimum absolute atomic E-state index is 0.237. The van der Waals surface area contributed by atoms with Crippen LogP contribution in [0.25, 0.3) is 0 Å². The van der Waals surface area contributed by atoms with Gasteiger partial charge in [-0.3, -0.25) is 0 Å². The Morgan fingerprint density at radius 2 is 2.20 bits per heavy atom. The van der Waals surface area contributed by atoms with E-state index in [0.717, 1.165) is 0 Å². The molecule has 1 unspecified atom stereocenters. The third kappa shape index (κ3) is 1.59. The van der Waals surface area contributed by atoms with E-state index in [9.17, 15) is 0 Å². The Morgan fingerprint density at radius 1 is 1.60 bits per heavy atom. The summed E-state index contributed by atoms with van der Waals surface area (Å²) in [4.78, 5) is 0. The molecule has 0 aromatic heterocycles. The van der Waals surface area contributed by atoms with Crippen LogP contribution < -0.4 is 5.32 Å². The SMILES string of the molecule is CC(C)(C)C1COC(=S)N1. The van der Waals surface area contributed by atoms with Crippen molar-refractivity contribution in [1.29, 1.82) is 0 Å². The third-order valence-corrected chi connectivity index (χ3v) is 1.95. The minimum Gasteiger partial charge on any atom is -0.469 e. The smallest absolute Gasteiger partial charge is 0.257 e. The second-order valence-corrected chi connectivity index (χ2v) is 4.03. The Morgan fingerprint density at radius 3 is 2.40 bits per heavy atom. The van der Waals surface area contributed by atoms with Crippen molar-refractivity contribution in [3.05, 3.63) is 0 Å². The molecule has 0 spiro atoms. The van der Waals surface area contributed by atoms with Crippen molar-refractivity contribution in [1.82, 2.24) is 5.32 Å². The van der Waals surface area contributed by atoms with Crippen molar-refractivity contribution in [2.24, 2.45) is 5.41 Å². The molecule has 0 aromatic carbocycles. The number of nitrogens with one attached hydrogen (secondary N) is 1. The first-order valence-corrected chi connectivity index (χ1v) is 3.84. The summed E-state index contributed by atoms with van der Waals surface area (Å²) in [6, 6.07) is 0.375. The molecule has 0 bridgehead atoms. The molecule has 0 aromatic rings. The van der Waals surface area contributed by atoms with E-state index in [1.807, 2.05) is 0 Å². The Bertz CT molecular complexity index is 150. The first-order chi connectivity index (χ1) is 4.50. The van der Waals surface area contributed by atoms with Crippen molar-refractivity contribution in [3.63, 3.8) is 0 Å². The molecule has 1 rings (SSSR count). The average Bonchev–Trinajstić information content (AvgIpc) is 2.11. The Kier molecular flexibility index (Phi) is 1.86.